The summed E-state index contributed by atoms with van der Waals surface area (Å²) >= 11 is 0. The van der Waals surface area contributed by atoms with E-state index in [0.717, 1.165) is 6.07 Å². The molecule has 9 heteroatoms. The molecule has 4 rings (SSSR count). The number of hydrogen-bond acceptors (Lipinski definition) is 4. The van der Waals surface area contributed by atoms with Gasteiger partial charge in [0.15, 0.2) is 0 Å². The quantitative estimate of drug-likeness (QED) is 0.854. The highest BCUT2D eigenvalue weighted by atomic mass is 19.3. The summed E-state index contributed by atoms with van der Waals surface area (Å²) in [5.41, 5.74) is 0.0475. The normalized spacial score (nSPS) is 25.6. The van der Waals surface area contributed by atoms with Gasteiger partial charge in [0.2, 0.25) is 5.91 Å². The van der Waals surface area contributed by atoms with Gasteiger partial charge in [-0.15, -0.1) is 0 Å². The monoisotopic (exact) mass is 404 g/mol. The van der Waals surface area contributed by atoms with E-state index >= 15 is 0 Å². The number of alkyl halides is 2. The van der Waals surface area contributed by atoms with Crippen LogP contribution in [0.3, 0.4) is 0 Å². The van der Waals surface area contributed by atoms with Crippen LogP contribution in [-0.2, 0) is 4.79 Å². The van der Waals surface area contributed by atoms with Gasteiger partial charge in [-0.2, -0.15) is 0 Å². The summed E-state index contributed by atoms with van der Waals surface area (Å²) in [7, 11) is 0. The Morgan fingerprint density at radius 3 is 2.83 bits per heavy atom. The largest absolute Gasteiger partial charge is 0.349 e. The Morgan fingerprint density at radius 1 is 1.31 bits per heavy atom. The van der Waals surface area contributed by atoms with E-state index < -0.39 is 47.9 Å². The van der Waals surface area contributed by atoms with Crippen LogP contribution < -0.4 is 10.2 Å². The van der Waals surface area contributed by atoms with Crippen molar-refractivity contribution < 1.29 is 22.8 Å². The number of aromatic nitrogens is 2. The number of nitrogens with one attached hydrogen (secondary N) is 1. The fourth-order valence-electron chi connectivity index (χ4n) is 4.16. The Labute approximate surface area is 165 Å². The molecule has 3 atom stereocenters. The van der Waals surface area contributed by atoms with Gasteiger partial charge in [0.1, 0.15) is 17.5 Å². The van der Waals surface area contributed by atoms with Gasteiger partial charge in [-0.3, -0.25) is 14.5 Å². The lowest BCUT2D eigenvalue weighted by molar-refractivity contribution is -0.134. The summed E-state index contributed by atoms with van der Waals surface area (Å²) in [6, 6.07) is 5.64. The van der Waals surface area contributed by atoms with Crippen molar-refractivity contribution in [3.05, 3.63) is 53.7 Å². The van der Waals surface area contributed by atoms with E-state index in [4.69, 9.17) is 0 Å². The van der Waals surface area contributed by atoms with Crippen LogP contribution in [0.15, 0.2) is 36.5 Å². The fourth-order valence-corrected chi connectivity index (χ4v) is 4.16. The minimum atomic E-state index is -3.13. The van der Waals surface area contributed by atoms with Gasteiger partial charge < -0.3 is 5.32 Å². The molecule has 152 valence electrons. The van der Waals surface area contributed by atoms with E-state index in [0.29, 0.717) is 11.6 Å². The molecular formula is C20H19F3N4O2. The molecule has 1 aromatic heterocycles. The predicted octanol–water partition coefficient (Wildman–Crippen LogP) is 2.73. The lowest BCUT2D eigenvalue weighted by Gasteiger charge is -2.36. The molecule has 1 N–H and O–H groups in total. The molecule has 29 heavy (non-hydrogen) atoms. The van der Waals surface area contributed by atoms with E-state index in [-0.39, 0.29) is 18.5 Å². The summed E-state index contributed by atoms with van der Waals surface area (Å²) in [4.78, 5) is 34.6. The average Bonchev–Trinajstić information content (AvgIpc) is 2.99. The van der Waals surface area contributed by atoms with Crippen LogP contribution in [0.1, 0.15) is 29.0 Å². The summed E-state index contributed by atoms with van der Waals surface area (Å²) in [6.45, 7) is 1.53. The molecule has 1 aliphatic heterocycles. The molecule has 0 radical (unpaired) electrons. The summed E-state index contributed by atoms with van der Waals surface area (Å²) in [6.07, 6.45) is 1.01. The number of carbonyl (C=O) groups excluding carboxylic acids is 2. The first kappa shape index (κ1) is 19.4. The van der Waals surface area contributed by atoms with Gasteiger partial charge >= 0.3 is 0 Å². The first-order valence-corrected chi connectivity index (χ1v) is 9.30. The van der Waals surface area contributed by atoms with Gasteiger partial charge in [-0.1, -0.05) is 6.07 Å². The minimum absolute atomic E-state index is 0.0475. The molecular weight excluding hydrogens is 385 g/mol. The molecule has 0 bridgehead atoms. The summed E-state index contributed by atoms with van der Waals surface area (Å²) < 4.78 is 43.0. The van der Waals surface area contributed by atoms with Crippen LogP contribution in [0.5, 0.6) is 0 Å². The smallest absolute Gasteiger partial charge is 0.255 e. The van der Waals surface area contributed by atoms with Crippen LogP contribution >= 0.6 is 0 Å². The molecule has 2 fully saturated rings. The lowest BCUT2D eigenvalue weighted by Crippen LogP contribution is -2.50. The van der Waals surface area contributed by atoms with Gasteiger partial charge in [0, 0.05) is 30.8 Å². The maximum absolute atomic E-state index is 14.8. The number of fused-ring (bicyclic) bond motifs is 1. The Bertz CT molecular complexity index is 968. The lowest BCUT2D eigenvalue weighted by atomic mass is 9.76. The van der Waals surface area contributed by atoms with Gasteiger partial charge in [-0.05, 0) is 37.6 Å². The highest BCUT2D eigenvalue weighted by Crippen LogP contribution is 2.47. The van der Waals surface area contributed by atoms with Gasteiger partial charge in [0.05, 0.1) is 11.8 Å². The third-order valence-electron chi connectivity index (χ3n) is 5.51. The molecule has 2 amide bonds. The number of anilines is 1. The molecule has 3 unspecified atom stereocenters. The third-order valence-corrected chi connectivity index (χ3v) is 5.51. The third kappa shape index (κ3) is 3.68. The fraction of sp³-hybridized carbons (Fsp3) is 0.400. The summed E-state index contributed by atoms with van der Waals surface area (Å²) in [5, 5.41) is 2.53. The van der Waals surface area contributed by atoms with Crippen molar-refractivity contribution in [1.29, 1.82) is 0 Å². The zero-order valence-corrected chi connectivity index (χ0v) is 15.6. The Hall–Kier alpha value is -2.97. The summed E-state index contributed by atoms with van der Waals surface area (Å²) in [5.74, 6) is -6.12. The maximum Gasteiger partial charge on any atom is 0.255 e. The molecule has 1 saturated carbocycles. The van der Waals surface area contributed by atoms with Crippen LogP contribution in [-0.4, -0.2) is 40.3 Å². The molecule has 1 aliphatic carbocycles. The van der Waals surface area contributed by atoms with E-state index in [9.17, 15) is 22.8 Å². The maximum atomic E-state index is 14.8. The van der Waals surface area contributed by atoms with Crippen molar-refractivity contribution in [1.82, 2.24) is 15.3 Å². The number of halogens is 3. The highest BCUT2D eigenvalue weighted by molar-refractivity contribution is 5.97. The second-order valence-corrected chi connectivity index (χ2v) is 7.51. The van der Waals surface area contributed by atoms with E-state index in [1.165, 1.54) is 35.4 Å². The zero-order valence-electron chi connectivity index (χ0n) is 15.6. The molecule has 6 nitrogen and oxygen atoms in total. The number of amides is 2. The molecule has 2 heterocycles. The van der Waals surface area contributed by atoms with Crippen molar-refractivity contribution in [2.75, 3.05) is 11.4 Å². The minimum Gasteiger partial charge on any atom is -0.349 e. The zero-order chi connectivity index (χ0) is 20.8. The van der Waals surface area contributed by atoms with E-state index in [2.05, 4.69) is 15.3 Å². The second-order valence-electron chi connectivity index (χ2n) is 7.51. The topological polar surface area (TPSA) is 75.2 Å². The van der Waals surface area contributed by atoms with Crippen molar-refractivity contribution in [2.45, 2.75) is 31.7 Å². The standard InChI is InChI=1S/C20H19F3N4O2/c1-11-24-6-5-17(25-11)27-10-16-15(19(27)29)8-14(9-20(16,22)23)26-18(28)12-3-2-4-13(21)7-12/h2-7,14-16H,8-10H2,1H3,(H,26,28). The number of hydrogen-bond donors (Lipinski definition) is 1. The van der Waals surface area contributed by atoms with Crippen molar-refractivity contribution in [3.8, 4) is 0 Å². The first-order chi connectivity index (χ1) is 13.7. The number of rotatable bonds is 3. The number of aryl methyl sites for hydroxylation is 1. The highest BCUT2D eigenvalue weighted by Gasteiger charge is 2.58. The van der Waals surface area contributed by atoms with E-state index in [1.54, 1.807) is 6.92 Å². The first-order valence-electron chi connectivity index (χ1n) is 9.30. The predicted molar refractivity (Wildman–Crippen MR) is 97.9 cm³/mol. The van der Waals surface area contributed by atoms with Crippen molar-refractivity contribution in [3.63, 3.8) is 0 Å². The molecule has 1 aromatic carbocycles. The van der Waals surface area contributed by atoms with Crippen LogP contribution in [0, 0.1) is 24.6 Å². The molecule has 0 spiro atoms. The SMILES string of the molecule is Cc1nccc(N2CC3C(CC(NC(=O)c4cccc(F)c4)CC3(F)F)C2=O)n1. The van der Waals surface area contributed by atoms with E-state index in [1.807, 2.05) is 0 Å². The number of nitrogens with zero attached hydrogens (tertiary/aromatic N) is 3. The molecule has 2 aliphatic rings. The van der Waals surface area contributed by atoms with Crippen LogP contribution in [0.25, 0.3) is 0 Å². The van der Waals surface area contributed by atoms with Crippen molar-refractivity contribution in [2.24, 2.45) is 11.8 Å². The Balaban J connectivity index is 1.53. The second kappa shape index (κ2) is 7.13. The molecule has 2 aromatic rings. The average molecular weight is 404 g/mol. The van der Waals surface area contributed by atoms with Crippen molar-refractivity contribution >= 4 is 17.6 Å². The Morgan fingerprint density at radius 2 is 2.10 bits per heavy atom. The van der Waals surface area contributed by atoms with Crippen LogP contribution in [0.2, 0.25) is 0 Å². The van der Waals surface area contributed by atoms with Crippen LogP contribution in [0.4, 0.5) is 19.0 Å². The molecule has 1 saturated heterocycles. The number of carbonyl (C=O) groups is 2. The Kier molecular flexibility index (Phi) is 4.76. The van der Waals surface area contributed by atoms with Gasteiger partial charge in [0.25, 0.3) is 11.8 Å². The number of benzene rings is 1. The van der Waals surface area contributed by atoms with Gasteiger partial charge in [-0.25, -0.2) is 23.1 Å².